The van der Waals surface area contributed by atoms with Crippen LogP contribution in [-0.2, 0) is 0 Å². The molecule has 0 aliphatic carbocycles. The molecule has 0 amide bonds. The molecule has 0 radical (unpaired) electrons. The van der Waals surface area contributed by atoms with Crippen molar-refractivity contribution in [2.24, 2.45) is 0 Å². The summed E-state index contributed by atoms with van der Waals surface area (Å²) >= 11 is 0. The summed E-state index contributed by atoms with van der Waals surface area (Å²) in [5.41, 5.74) is 1.12. The van der Waals surface area contributed by atoms with E-state index in [9.17, 15) is 0 Å². The second-order valence-electron chi connectivity index (χ2n) is 2.82. The standard InChI is InChI=1S/C8H11N3.3ClH/c1-2-9-5-7(1)8-6-10-3-4-11-8;;;/h3-4,6-7,9H,1-2,5H2;3*1H. The van der Waals surface area contributed by atoms with Crippen molar-refractivity contribution in [2.45, 2.75) is 12.3 Å². The highest BCUT2D eigenvalue weighted by Crippen LogP contribution is 2.18. The molecule has 1 atom stereocenters. The summed E-state index contributed by atoms with van der Waals surface area (Å²) < 4.78 is 0. The molecule has 1 unspecified atom stereocenters. The van der Waals surface area contributed by atoms with Crippen LogP contribution in [0.5, 0.6) is 0 Å². The van der Waals surface area contributed by atoms with Gasteiger partial charge in [0.25, 0.3) is 0 Å². The van der Waals surface area contributed by atoms with Crippen molar-refractivity contribution in [1.29, 1.82) is 0 Å². The Morgan fingerprint density at radius 1 is 1.21 bits per heavy atom. The zero-order valence-electron chi connectivity index (χ0n) is 7.55. The first-order chi connectivity index (χ1) is 5.47. The molecule has 0 spiro atoms. The van der Waals surface area contributed by atoms with E-state index in [4.69, 9.17) is 0 Å². The lowest BCUT2D eigenvalue weighted by atomic mass is 10.1. The third-order valence-corrected chi connectivity index (χ3v) is 2.06. The molecule has 2 heterocycles. The summed E-state index contributed by atoms with van der Waals surface area (Å²) in [6.07, 6.45) is 6.52. The molecule has 6 heteroatoms. The largest absolute Gasteiger partial charge is 0.316 e. The Kier molecular flexibility index (Phi) is 9.62. The molecule has 1 fully saturated rings. The van der Waals surface area contributed by atoms with Gasteiger partial charge in [-0.05, 0) is 13.0 Å². The zero-order valence-corrected chi connectivity index (χ0v) is 10.00. The van der Waals surface area contributed by atoms with Gasteiger partial charge in [-0.15, -0.1) is 37.2 Å². The van der Waals surface area contributed by atoms with Crippen molar-refractivity contribution >= 4 is 37.2 Å². The van der Waals surface area contributed by atoms with Gasteiger partial charge in [-0.25, -0.2) is 0 Å². The molecule has 1 N–H and O–H groups in total. The Morgan fingerprint density at radius 2 is 2.00 bits per heavy atom. The average molecular weight is 259 g/mol. The average Bonchev–Trinajstić information content (AvgIpc) is 2.58. The highest BCUT2D eigenvalue weighted by Gasteiger charge is 2.17. The minimum Gasteiger partial charge on any atom is -0.316 e. The molecule has 0 saturated carbocycles. The van der Waals surface area contributed by atoms with Crippen molar-refractivity contribution in [1.82, 2.24) is 15.3 Å². The molecule has 82 valence electrons. The molecule has 0 aromatic carbocycles. The van der Waals surface area contributed by atoms with Gasteiger partial charge in [-0.3, -0.25) is 9.97 Å². The Labute approximate surface area is 102 Å². The van der Waals surface area contributed by atoms with Gasteiger partial charge in [0.05, 0.1) is 5.69 Å². The van der Waals surface area contributed by atoms with Gasteiger partial charge in [-0.2, -0.15) is 0 Å². The van der Waals surface area contributed by atoms with E-state index in [1.165, 1.54) is 6.42 Å². The van der Waals surface area contributed by atoms with Gasteiger partial charge >= 0.3 is 0 Å². The number of hydrogen-bond acceptors (Lipinski definition) is 3. The van der Waals surface area contributed by atoms with Crippen molar-refractivity contribution < 1.29 is 0 Å². The van der Waals surface area contributed by atoms with Gasteiger partial charge in [0.1, 0.15) is 0 Å². The molecule has 1 aromatic rings. The summed E-state index contributed by atoms with van der Waals surface area (Å²) in [4.78, 5) is 8.30. The van der Waals surface area contributed by atoms with Crippen LogP contribution in [0.4, 0.5) is 0 Å². The second-order valence-corrected chi connectivity index (χ2v) is 2.82. The maximum Gasteiger partial charge on any atom is 0.0630 e. The zero-order chi connectivity index (χ0) is 7.52. The maximum atomic E-state index is 4.26. The first kappa shape index (κ1) is 16.3. The van der Waals surface area contributed by atoms with E-state index < -0.39 is 0 Å². The number of aromatic nitrogens is 2. The third-order valence-electron chi connectivity index (χ3n) is 2.06. The normalized spacial score (nSPS) is 18.7. The molecule has 14 heavy (non-hydrogen) atoms. The summed E-state index contributed by atoms with van der Waals surface area (Å²) in [6, 6.07) is 0. The van der Waals surface area contributed by atoms with E-state index >= 15 is 0 Å². The van der Waals surface area contributed by atoms with Crippen LogP contribution in [0.15, 0.2) is 18.6 Å². The summed E-state index contributed by atoms with van der Waals surface area (Å²) in [5, 5.41) is 3.30. The van der Waals surface area contributed by atoms with E-state index in [-0.39, 0.29) is 37.2 Å². The van der Waals surface area contributed by atoms with Gasteiger partial charge in [0, 0.05) is 31.1 Å². The Bertz CT molecular complexity index is 227. The van der Waals surface area contributed by atoms with E-state index in [1.54, 1.807) is 12.4 Å². The summed E-state index contributed by atoms with van der Waals surface area (Å²) in [7, 11) is 0. The molecule has 3 nitrogen and oxygen atoms in total. The van der Waals surface area contributed by atoms with Crippen molar-refractivity contribution in [3.05, 3.63) is 24.3 Å². The van der Waals surface area contributed by atoms with Crippen LogP contribution in [0.25, 0.3) is 0 Å². The van der Waals surface area contributed by atoms with Crippen LogP contribution >= 0.6 is 37.2 Å². The Hall–Kier alpha value is -0.0900. The fourth-order valence-corrected chi connectivity index (χ4v) is 1.43. The smallest absolute Gasteiger partial charge is 0.0630 e. The number of rotatable bonds is 1. The fourth-order valence-electron chi connectivity index (χ4n) is 1.43. The lowest BCUT2D eigenvalue weighted by molar-refractivity contribution is 0.728. The van der Waals surface area contributed by atoms with Gasteiger partial charge in [0.2, 0.25) is 0 Å². The predicted octanol–water partition coefficient (Wildman–Crippen LogP) is 1.82. The molecular formula is C8H14Cl3N3. The minimum absolute atomic E-state index is 0. The molecular weight excluding hydrogens is 244 g/mol. The highest BCUT2D eigenvalue weighted by atomic mass is 35.5. The number of hydrogen-bond donors (Lipinski definition) is 1. The molecule has 1 aliphatic rings. The first-order valence-electron chi connectivity index (χ1n) is 3.93. The van der Waals surface area contributed by atoms with Gasteiger partial charge < -0.3 is 5.32 Å². The Balaban J connectivity index is 0. The molecule has 1 saturated heterocycles. The number of nitrogens with one attached hydrogen (secondary N) is 1. The first-order valence-corrected chi connectivity index (χ1v) is 3.93. The van der Waals surface area contributed by atoms with Crippen LogP contribution in [0, 0.1) is 0 Å². The molecule has 2 rings (SSSR count). The highest BCUT2D eigenvalue weighted by molar-refractivity contribution is 5.86. The Morgan fingerprint density at radius 3 is 2.50 bits per heavy atom. The van der Waals surface area contributed by atoms with E-state index in [0.29, 0.717) is 5.92 Å². The van der Waals surface area contributed by atoms with E-state index in [1.807, 2.05) is 6.20 Å². The van der Waals surface area contributed by atoms with Gasteiger partial charge in [-0.1, -0.05) is 0 Å². The minimum atomic E-state index is 0. The quantitative estimate of drug-likeness (QED) is 0.835. The van der Waals surface area contributed by atoms with Crippen molar-refractivity contribution in [3.8, 4) is 0 Å². The second kappa shape index (κ2) is 8.24. The number of nitrogens with zero attached hydrogens (tertiary/aromatic N) is 2. The predicted molar refractivity (Wildman–Crippen MR) is 64.0 cm³/mol. The van der Waals surface area contributed by atoms with Gasteiger partial charge in [0.15, 0.2) is 0 Å². The fraction of sp³-hybridized carbons (Fsp3) is 0.500. The van der Waals surface area contributed by atoms with Crippen LogP contribution in [-0.4, -0.2) is 23.1 Å². The SMILES string of the molecule is Cl.Cl.Cl.c1cnc(C2CCNC2)cn1. The van der Waals surface area contributed by atoms with Crippen LogP contribution in [0.1, 0.15) is 18.0 Å². The maximum absolute atomic E-state index is 4.26. The summed E-state index contributed by atoms with van der Waals surface area (Å²) in [6.45, 7) is 2.17. The molecule has 0 bridgehead atoms. The van der Waals surface area contributed by atoms with Crippen LogP contribution in [0.3, 0.4) is 0 Å². The molecule has 1 aliphatic heterocycles. The topological polar surface area (TPSA) is 37.8 Å². The summed E-state index contributed by atoms with van der Waals surface area (Å²) in [5.74, 6) is 0.587. The lowest BCUT2D eigenvalue weighted by Gasteiger charge is -2.04. The van der Waals surface area contributed by atoms with Crippen LogP contribution < -0.4 is 5.32 Å². The number of halogens is 3. The van der Waals surface area contributed by atoms with Crippen LogP contribution in [0.2, 0.25) is 0 Å². The lowest BCUT2D eigenvalue weighted by Crippen LogP contribution is -2.08. The molecule has 1 aromatic heterocycles. The van der Waals surface area contributed by atoms with E-state index in [0.717, 1.165) is 18.8 Å². The van der Waals surface area contributed by atoms with Crippen molar-refractivity contribution in [3.63, 3.8) is 0 Å². The third kappa shape index (κ3) is 3.96. The van der Waals surface area contributed by atoms with Crippen molar-refractivity contribution in [2.75, 3.05) is 13.1 Å². The van der Waals surface area contributed by atoms with E-state index in [2.05, 4.69) is 15.3 Å². The monoisotopic (exact) mass is 257 g/mol.